The number of phenolic OH excluding ortho intramolecular Hbond substituents is 1. The number of phenols is 1. The Morgan fingerprint density at radius 2 is 2.24 bits per heavy atom. The maximum atomic E-state index is 9.62. The zero-order valence-electron chi connectivity index (χ0n) is 11.0. The molecular weight excluding hydrogens is 326 g/mol. The molecule has 0 aliphatic heterocycles. The summed E-state index contributed by atoms with van der Waals surface area (Å²) in [6, 6.07) is 5.24. The lowest BCUT2D eigenvalue weighted by Crippen LogP contribution is -1.86. The smallest absolute Gasteiger partial charge is 0.174 e. The Balaban J connectivity index is 1.75. The van der Waals surface area contributed by atoms with Crippen LogP contribution in [0.15, 0.2) is 33.4 Å². The average molecular weight is 337 g/mol. The Kier molecular flexibility index (Phi) is 4.37. The van der Waals surface area contributed by atoms with Gasteiger partial charge in [0.2, 0.25) is 0 Å². The minimum Gasteiger partial charge on any atom is -0.504 e. The van der Waals surface area contributed by atoms with Crippen LogP contribution in [0, 0.1) is 0 Å². The summed E-state index contributed by atoms with van der Waals surface area (Å²) in [6.07, 6.45) is 0. The third kappa shape index (κ3) is 3.34. The topological polar surface area (TPSA) is 68.1 Å². The first-order valence-corrected chi connectivity index (χ1v) is 8.71. The van der Waals surface area contributed by atoms with Crippen LogP contribution in [0.1, 0.15) is 5.69 Å². The minimum atomic E-state index is 0.129. The first-order chi connectivity index (χ1) is 10.3. The maximum Gasteiger partial charge on any atom is 0.174 e. The highest BCUT2D eigenvalue weighted by atomic mass is 32.2. The molecule has 0 radical (unpaired) electrons. The Hall–Kier alpha value is -1.64. The standard InChI is InChI=1S/C13H11N3O2S3/c1-18-11-4-8(2-3-10(11)17)12-15-9(5-19-12)6-20-13-16-14-7-21-13/h2-5,7,17H,6H2,1H3. The molecule has 0 spiro atoms. The van der Waals surface area contributed by atoms with Crippen LogP contribution in [0.2, 0.25) is 0 Å². The fraction of sp³-hybridized carbons (Fsp3) is 0.154. The predicted octanol–water partition coefficient (Wildman–Crippen LogP) is 3.67. The number of thioether (sulfide) groups is 1. The van der Waals surface area contributed by atoms with Gasteiger partial charge in [0.05, 0.1) is 12.8 Å². The predicted molar refractivity (Wildman–Crippen MR) is 85.2 cm³/mol. The van der Waals surface area contributed by atoms with E-state index >= 15 is 0 Å². The monoisotopic (exact) mass is 337 g/mol. The van der Waals surface area contributed by atoms with E-state index in [4.69, 9.17) is 4.74 Å². The number of benzene rings is 1. The van der Waals surface area contributed by atoms with Gasteiger partial charge in [0, 0.05) is 16.7 Å². The lowest BCUT2D eigenvalue weighted by molar-refractivity contribution is 0.373. The SMILES string of the molecule is COc1cc(-c2nc(CSc3nncs3)cs2)ccc1O. The van der Waals surface area contributed by atoms with Gasteiger partial charge in [0.25, 0.3) is 0 Å². The number of ether oxygens (including phenoxy) is 1. The third-order valence-electron chi connectivity index (χ3n) is 2.66. The van der Waals surface area contributed by atoms with Crippen LogP contribution in [0.5, 0.6) is 11.5 Å². The van der Waals surface area contributed by atoms with Crippen molar-refractivity contribution in [1.82, 2.24) is 15.2 Å². The van der Waals surface area contributed by atoms with Gasteiger partial charge >= 0.3 is 0 Å². The molecule has 1 aromatic carbocycles. The van der Waals surface area contributed by atoms with Crippen molar-refractivity contribution in [3.63, 3.8) is 0 Å². The molecule has 0 unspecified atom stereocenters. The Morgan fingerprint density at radius 3 is 3.00 bits per heavy atom. The number of hydrogen-bond acceptors (Lipinski definition) is 8. The summed E-state index contributed by atoms with van der Waals surface area (Å²) in [7, 11) is 1.53. The van der Waals surface area contributed by atoms with Crippen molar-refractivity contribution in [3.8, 4) is 22.1 Å². The number of aromatic nitrogens is 3. The molecule has 0 amide bonds. The fourth-order valence-corrected chi connectivity index (χ4v) is 3.98. The molecule has 2 heterocycles. The van der Waals surface area contributed by atoms with Crippen LogP contribution < -0.4 is 4.74 Å². The number of hydrogen-bond donors (Lipinski definition) is 1. The highest BCUT2D eigenvalue weighted by molar-refractivity contribution is 8.00. The van der Waals surface area contributed by atoms with E-state index in [0.29, 0.717) is 5.75 Å². The summed E-state index contributed by atoms with van der Waals surface area (Å²) in [4.78, 5) is 4.60. The van der Waals surface area contributed by atoms with Gasteiger partial charge in [-0.15, -0.1) is 21.5 Å². The van der Waals surface area contributed by atoms with Gasteiger partial charge in [0.15, 0.2) is 15.8 Å². The molecule has 3 rings (SSSR count). The van der Waals surface area contributed by atoms with Crippen LogP contribution in [-0.4, -0.2) is 27.4 Å². The van der Waals surface area contributed by atoms with Crippen LogP contribution in [0.4, 0.5) is 0 Å². The molecule has 0 atom stereocenters. The fourth-order valence-electron chi connectivity index (χ4n) is 1.68. The lowest BCUT2D eigenvalue weighted by Gasteiger charge is -2.04. The van der Waals surface area contributed by atoms with Gasteiger partial charge < -0.3 is 9.84 Å². The van der Waals surface area contributed by atoms with E-state index in [2.05, 4.69) is 15.2 Å². The van der Waals surface area contributed by atoms with Crippen molar-refractivity contribution in [3.05, 3.63) is 34.8 Å². The van der Waals surface area contributed by atoms with E-state index in [1.807, 2.05) is 11.4 Å². The Bertz CT molecular complexity index is 728. The third-order valence-corrected chi connectivity index (χ3v) is 5.50. The average Bonchev–Trinajstić information content (AvgIpc) is 3.17. The van der Waals surface area contributed by atoms with Crippen LogP contribution >= 0.6 is 34.4 Å². The van der Waals surface area contributed by atoms with E-state index < -0.39 is 0 Å². The molecule has 2 aromatic heterocycles. The summed E-state index contributed by atoms with van der Waals surface area (Å²) in [5, 5.41) is 20.4. The van der Waals surface area contributed by atoms with Crippen molar-refractivity contribution >= 4 is 34.4 Å². The summed E-state index contributed by atoms with van der Waals surface area (Å²) >= 11 is 4.72. The van der Waals surface area contributed by atoms with Gasteiger partial charge in [-0.2, -0.15) is 0 Å². The largest absolute Gasteiger partial charge is 0.504 e. The molecule has 8 heteroatoms. The molecule has 3 aromatic rings. The van der Waals surface area contributed by atoms with E-state index in [1.54, 1.807) is 40.7 Å². The Morgan fingerprint density at radius 1 is 1.33 bits per heavy atom. The lowest BCUT2D eigenvalue weighted by atomic mass is 10.2. The second-order valence-corrected chi connectivity index (χ2v) is 6.94. The molecule has 108 valence electrons. The molecular formula is C13H11N3O2S3. The molecule has 0 saturated heterocycles. The summed E-state index contributed by atoms with van der Waals surface area (Å²) in [6.45, 7) is 0. The highest BCUT2D eigenvalue weighted by Crippen LogP contribution is 2.33. The number of rotatable bonds is 5. The summed E-state index contributed by atoms with van der Waals surface area (Å²) in [5.41, 5.74) is 3.65. The maximum absolute atomic E-state index is 9.62. The van der Waals surface area contributed by atoms with Gasteiger partial charge in [-0.25, -0.2) is 4.98 Å². The quantitative estimate of drug-likeness (QED) is 0.717. The molecule has 1 N–H and O–H groups in total. The number of nitrogens with zero attached hydrogens (tertiary/aromatic N) is 3. The normalized spacial score (nSPS) is 10.7. The van der Waals surface area contributed by atoms with Crippen molar-refractivity contribution in [1.29, 1.82) is 0 Å². The van der Waals surface area contributed by atoms with E-state index in [9.17, 15) is 5.11 Å². The number of aromatic hydroxyl groups is 1. The minimum absolute atomic E-state index is 0.129. The Labute approximate surface area is 133 Å². The van der Waals surface area contributed by atoms with Crippen LogP contribution in [-0.2, 0) is 5.75 Å². The highest BCUT2D eigenvalue weighted by Gasteiger charge is 2.09. The molecule has 0 aliphatic carbocycles. The second kappa shape index (κ2) is 6.42. The molecule has 0 saturated carbocycles. The number of methoxy groups -OCH3 is 1. The second-order valence-electron chi connectivity index (χ2n) is 4.02. The number of thiazole rings is 1. The van der Waals surface area contributed by atoms with Crippen molar-refractivity contribution in [2.24, 2.45) is 0 Å². The van der Waals surface area contributed by atoms with E-state index in [0.717, 1.165) is 26.4 Å². The molecule has 0 aliphatic rings. The molecule has 0 fully saturated rings. The van der Waals surface area contributed by atoms with Gasteiger partial charge in [-0.05, 0) is 18.2 Å². The van der Waals surface area contributed by atoms with E-state index in [1.165, 1.54) is 18.4 Å². The van der Waals surface area contributed by atoms with Crippen molar-refractivity contribution < 1.29 is 9.84 Å². The van der Waals surface area contributed by atoms with E-state index in [-0.39, 0.29) is 5.75 Å². The zero-order valence-corrected chi connectivity index (χ0v) is 13.5. The molecule has 0 bridgehead atoms. The van der Waals surface area contributed by atoms with Crippen LogP contribution in [0.3, 0.4) is 0 Å². The van der Waals surface area contributed by atoms with Gasteiger partial charge in [0.1, 0.15) is 10.5 Å². The van der Waals surface area contributed by atoms with Crippen molar-refractivity contribution in [2.75, 3.05) is 7.11 Å². The van der Waals surface area contributed by atoms with Gasteiger partial charge in [-0.1, -0.05) is 23.1 Å². The van der Waals surface area contributed by atoms with Crippen LogP contribution in [0.25, 0.3) is 10.6 Å². The van der Waals surface area contributed by atoms with Crippen molar-refractivity contribution in [2.45, 2.75) is 10.1 Å². The summed E-state index contributed by atoms with van der Waals surface area (Å²) < 4.78 is 6.06. The molecule has 5 nitrogen and oxygen atoms in total. The zero-order chi connectivity index (χ0) is 14.7. The van der Waals surface area contributed by atoms with Gasteiger partial charge in [-0.3, -0.25) is 0 Å². The first kappa shape index (κ1) is 14.3. The summed E-state index contributed by atoms with van der Waals surface area (Å²) in [5.74, 6) is 1.35. The molecule has 21 heavy (non-hydrogen) atoms. The first-order valence-electron chi connectivity index (χ1n) is 5.97.